The van der Waals surface area contributed by atoms with Crippen LogP contribution in [0.1, 0.15) is 25.7 Å². The quantitative estimate of drug-likeness (QED) is 0.447. The van der Waals surface area contributed by atoms with Gasteiger partial charge in [0.25, 0.3) is 0 Å². The summed E-state index contributed by atoms with van der Waals surface area (Å²) in [6, 6.07) is 0. The van der Waals surface area contributed by atoms with Gasteiger partial charge in [-0.25, -0.2) is 0 Å². The normalized spacial score (nSPS) is 38.2. The molecule has 1 saturated carbocycles. The van der Waals surface area contributed by atoms with Crippen LogP contribution in [0.5, 0.6) is 0 Å². The fraction of sp³-hybridized carbons (Fsp3) is 0.600. The molecule has 0 heteroatoms. The Morgan fingerprint density at radius 2 is 1.60 bits per heavy atom. The van der Waals surface area contributed by atoms with E-state index in [1.54, 1.807) is 0 Å². The minimum Gasteiger partial charge on any atom is -0.0987 e. The third kappa shape index (κ3) is 0.828. The molecule has 2 bridgehead atoms. The average molecular weight is 134 g/mol. The highest BCUT2D eigenvalue weighted by Gasteiger charge is 2.24. The third-order valence-electron chi connectivity index (χ3n) is 2.81. The summed E-state index contributed by atoms with van der Waals surface area (Å²) in [6.07, 6.45) is 10.2. The van der Waals surface area contributed by atoms with Crippen LogP contribution in [-0.2, 0) is 0 Å². The van der Waals surface area contributed by atoms with Gasteiger partial charge in [0.15, 0.2) is 0 Å². The van der Waals surface area contributed by atoms with E-state index in [4.69, 9.17) is 0 Å². The van der Waals surface area contributed by atoms with E-state index in [2.05, 4.69) is 18.7 Å². The topological polar surface area (TPSA) is 0 Å². The third-order valence-corrected chi connectivity index (χ3v) is 2.81. The van der Waals surface area contributed by atoms with Gasteiger partial charge in [-0.3, -0.25) is 0 Å². The van der Waals surface area contributed by atoms with Crippen LogP contribution < -0.4 is 0 Å². The Kier molecular flexibility index (Phi) is 1.40. The summed E-state index contributed by atoms with van der Waals surface area (Å²) < 4.78 is 0. The highest BCUT2D eigenvalue weighted by atomic mass is 14.3. The van der Waals surface area contributed by atoms with Gasteiger partial charge in [0.2, 0.25) is 0 Å². The predicted octanol–water partition coefficient (Wildman–Crippen LogP) is 2.92. The largest absolute Gasteiger partial charge is 0.0987 e. The van der Waals surface area contributed by atoms with Crippen molar-refractivity contribution in [2.24, 2.45) is 11.8 Å². The molecule has 2 atom stereocenters. The van der Waals surface area contributed by atoms with Gasteiger partial charge in [0.05, 0.1) is 0 Å². The molecule has 2 aliphatic rings. The van der Waals surface area contributed by atoms with E-state index >= 15 is 0 Å². The van der Waals surface area contributed by atoms with Crippen molar-refractivity contribution >= 4 is 0 Å². The first-order valence-corrected chi connectivity index (χ1v) is 4.25. The molecule has 0 aromatic heterocycles. The highest BCUT2D eigenvalue weighted by Crippen LogP contribution is 2.38. The number of allylic oxidation sites excluding steroid dienone is 3. The van der Waals surface area contributed by atoms with Crippen LogP contribution in [0.3, 0.4) is 0 Å². The first-order chi connectivity index (χ1) is 4.88. The van der Waals surface area contributed by atoms with Gasteiger partial charge in [-0.2, -0.15) is 0 Å². The Balaban J connectivity index is 2.22. The maximum atomic E-state index is 4.14. The highest BCUT2D eigenvalue weighted by molar-refractivity contribution is 5.25. The van der Waals surface area contributed by atoms with Crippen molar-refractivity contribution in [3.8, 4) is 0 Å². The van der Waals surface area contributed by atoms with Crippen LogP contribution in [0.15, 0.2) is 24.3 Å². The number of rotatable bonds is 0. The average Bonchev–Trinajstić information content (AvgIpc) is 2.06. The molecule has 2 unspecified atom stereocenters. The Hall–Kier alpha value is -0.520. The first-order valence-electron chi connectivity index (χ1n) is 4.25. The number of hydrogen-bond donors (Lipinski definition) is 0. The predicted molar refractivity (Wildman–Crippen MR) is 43.7 cm³/mol. The second-order valence-electron chi connectivity index (χ2n) is 3.46. The second-order valence-corrected chi connectivity index (χ2v) is 3.46. The van der Waals surface area contributed by atoms with Crippen molar-refractivity contribution in [2.45, 2.75) is 25.7 Å². The zero-order chi connectivity index (χ0) is 6.97. The number of fused-ring (bicyclic) bond motifs is 2. The molecule has 10 heavy (non-hydrogen) atoms. The van der Waals surface area contributed by atoms with E-state index < -0.39 is 0 Å². The fourth-order valence-corrected chi connectivity index (χ4v) is 2.08. The lowest BCUT2D eigenvalue weighted by Gasteiger charge is -2.08. The molecule has 0 saturated heterocycles. The maximum absolute atomic E-state index is 4.14. The summed E-state index contributed by atoms with van der Waals surface area (Å²) in [5.74, 6) is 1.49. The van der Waals surface area contributed by atoms with Crippen molar-refractivity contribution in [3.63, 3.8) is 0 Å². The van der Waals surface area contributed by atoms with Gasteiger partial charge in [-0.15, -0.1) is 0 Å². The first kappa shape index (κ1) is 6.21. The molecule has 1 fully saturated rings. The van der Waals surface area contributed by atoms with Gasteiger partial charge >= 0.3 is 0 Å². The van der Waals surface area contributed by atoms with E-state index in [1.165, 1.54) is 31.3 Å². The van der Waals surface area contributed by atoms with E-state index in [0.29, 0.717) is 0 Å². The van der Waals surface area contributed by atoms with Gasteiger partial charge in [0, 0.05) is 0 Å². The molecular weight excluding hydrogens is 120 g/mol. The van der Waals surface area contributed by atoms with Crippen LogP contribution in [0.2, 0.25) is 0 Å². The molecule has 0 heterocycles. The van der Waals surface area contributed by atoms with E-state index in [9.17, 15) is 0 Å². The van der Waals surface area contributed by atoms with E-state index in [1.807, 2.05) is 0 Å². The summed E-state index contributed by atoms with van der Waals surface area (Å²) >= 11 is 0. The Bertz CT molecular complexity index is 158. The SMILES string of the molecule is C=C1C2C=CC1CCCC2. The molecule has 0 nitrogen and oxygen atoms in total. The molecule has 2 aliphatic carbocycles. The number of hydrogen-bond acceptors (Lipinski definition) is 0. The minimum atomic E-state index is 0.743. The monoisotopic (exact) mass is 134 g/mol. The van der Waals surface area contributed by atoms with Gasteiger partial charge < -0.3 is 0 Å². The molecule has 54 valence electrons. The molecule has 0 aromatic carbocycles. The van der Waals surface area contributed by atoms with Crippen LogP contribution in [0.4, 0.5) is 0 Å². The Labute approximate surface area is 62.6 Å². The Morgan fingerprint density at radius 3 is 2.10 bits per heavy atom. The molecule has 0 aliphatic heterocycles. The summed E-state index contributed by atoms with van der Waals surface area (Å²) in [5.41, 5.74) is 1.48. The summed E-state index contributed by atoms with van der Waals surface area (Å²) in [5, 5.41) is 0. The van der Waals surface area contributed by atoms with Crippen molar-refractivity contribution in [1.29, 1.82) is 0 Å². The molecule has 0 N–H and O–H groups in total. The lowest BCUT2D eigenvalue weighted by molar-refractivity contribution is 0.625. The molecular formula is C10H14. The Morgan fingerprint density at radius 1 is 1.10 bits per heavy atom. The zero-order valence-corrected chi connectivity index (χ0v) is 6.34. The lowest BCUT2D eigenvalue weighted by atomic mass is 9.96. The molecule has 0 aromatic rings. The molecule has 0 spiro atoms. The van der Waals surface area contributed by atoms with Crippen LogP contribution in [0, 0.1) is 11.8 Å². The second kappa shape index (κ2) is 2.26. The van der Waals surface area contributed by atoms with Crippen LogP contribution in [0.25, 0.3) is 0 Å². The van der Waals surface area contributed by atoms with E-state index in [-0.39, 0.29) is 0 Å². The smallest absolute Gasteiger partial charge is 0.00199 e. The summed E-state index contributed by atoms with van der Waals surface area (Å²) in [4.78, 5) is 0. The van der Waals surface area contributed by atoms with Gasteiger partial charge in [-0.05, 0) is 24.7 Å². The fourth-order valence-electron chi connectivity index (χ4n) is 2.08. The van der Waals surface area contributed by atoms with Crippen LogP contribution in [-0.4, -0.2) is 0 Å². The standard InChI is InChI=1S/C10H14/c1-8-9-4-2-3-5-10(8)7-6-9/h6-7,9-10H,1-5H2. The summed E-state index contributed by atoms with van der Waals surface area (Å²) in [6.45, 7) is 4.14. The van der Waals surface area contributed by atoms with Gasteiger partial charge in [0.1, 0.15) is 0 Å². The minimum absolute atomic E-state index is 0.743. The molecule has 0 amide bonds. The van der Waals surface area contributed by atoms with Crippen molar-refractivity contribution in [2.75, 3.05) is 0 Å². The van der Waals surface area contributed by atoms with Crippen LogP contribution >= 0.6 is 0 Å². The molecule has 0 radical (unpaired) electrons. The van der Waals surface area contributed by atoms with Crippen molar-refractivity contribution < 1.29 is 0 Å². The zero-order valence-electron chi connectivity index (χ0n) is 6.34. The summed E-state index contributed by atoms with van der Waals surface area (Å²) in [7, 11) is 0. The lowest BCUT2D eigenvalue weighted by Crippen LogP contribution is -1.97. The maximum Gasteiger partial charge on any atom is -0.00199 e. The van der Waals surface area contributed by atoms with E-state index in [0.717, 1.165) is 11.8 Å². The van der Waals surface area contributed by atoms with Crippen molar-refractivity contribution in [3.05, 3.63) is 24.3 Å². The van der Waals surface area contributed by atoms with Crippen molar-refractivity contribution in [1.82, 2.24) is 0 Å². The van der Waals surface area contributed by atoms with Gasteiger partial charge in [-0.1, -0.05) is 37.1 Å². The molecule has 2 rings (SSSR count).